The molecule has 0 spiro atoms. The number of anilines is 2. The van der Waals surface area contributed by atoms with E-state index >= 15 is 0 Å². The Balaban J connectivity index is 1.82. The van der Waals surface area contributed by atoms with Crippen LogP contribution in [0.5, 0.6) is 0 Å². The van der Waals surface area contributed by atoms with Crippen LogP contribution in [0.2, 0.25) is 0 Å². The lowest BCUT2D eigenvalue weighted by Crippen LogP contribution is -2.18. The molecule has 2 rings (SSSR count). The predicted octanol–water partition coefficient (Wildman–Crippen LogP) is 2.51. The Bertz CT molecular complexity index is 618. The van der Waals surface area contributed by atoms with Crippen LogP contribution in [0.3, 0.4) is 0 Å². The monoisotopic (exact) mass is 300 g/mol. The highest BCUT2D eigenvalue weighted by Gasteiger charge is 2.07. The molecule has 0 aliphatic heterocycles. The molecule has 0 saturated heterocycles. The van der Waals surface area contributed by atoms with Crippen LogP contribution in [-0.4, -0.2) is 21.6 Å². The Labute approximate surface area is 129 Å². The smallest absolute Gasteiger partial charge is 0.226 e. The van der Waals surface area contributed by atoms with Crippen LogP contribution in [-0.2, 0) is 16.1 Å². The fourth-order valence-electron chi connectivity index (χ4n) is 1.80. The van der Waals surface area contributed by atoms with E-state index in [1.165, 1.54) is 0 Å². The van der Waals surface area contributed by atoms with Gasteiger partial charge in [-0.3, -0.25) is 14.3 Å². The molecule has 116 valence electrons. The normalized spacial score (nSPS) is 10.5. The van der Waals surface area contributed by atoms with E-state index in [0.717, 1.165) is 0 Å². The van der Waals surface area contributed by atoms with Gasteiger partial charge in [-0.1, -0.05) is 13.8 Å². The number of aromatic nitrogens is 2. The van der Waals surface area contributed by atoms with Gasteiger partial charge in [0, 0.05) is 42.7 Å². The molecule has 1 aromatic carbocycles. The predicted molar refractivity (Wildman–Crippen MR) is 85.4 cm³/mol. The van der Waals surface area contributed by atoms with Crippen molar-refractivity contribution in [2.45, 2.75) is 26.8 Å². The second-order valence-corrected chi connectivity index (χ2v) is 5.29. The van der Waals surface area contributed by atoms with Crippen molar-refractivity contribution in [3.63, 3.8) is 0 Å². The summed E-state index contributed by atoms with van der Waals surface area (Å²) in [4.78, 5) is 23.4. The first-order chi connectivity index (χ1) is 10.5. The lowest BCUT2D eigenvalue weighted by Gasteiger charge is -2.09. The van der Waals surface area contributed by atoms with Gasteiger partial charge in [0.1, 0.15) is 0 Å². The molecule has 0 atom stereocenters. The van der Waals surface area contributed by atoms with Crippen molar-refractivity contribution >= 4 is 23.2 Å². The summed E-state index contributed by atoms with van der Waals surface area (Å²) in [6, 6.07) is 8.89. The minimum Gasteiger partial charge on any atom is -0.326 e. The fourth-order valence-corrected chi connectivity index (χ4v) is 1.80. The maximum Gasteiger partial charge on any atom is 0.226 e. The molecule has 0 saturated carbocycles. The number of benzene rings is 1. The molecule has 0 aliphatic carbocycles. The number of rotatable bonds is 6. The highest BCUT2D eigenvalue weighted by atomic mass is 16.2. The third kappa shape index (κ3) is 4.73. The lowest BCUT2D eigenvalue weighted by atomic mass is 10.2. The van der Waals surface area contributed by atoms with Gasteiger partial charge in [-0.05, 0) is 30.3 Å². The first kappa shape index (κ1) is 15.8. The van der Waals surface area contributed by atoms with E-state index < -0.39 is 0 Å². The fraction of sp³-hybridized carbons (Fsp3) is 0.312. The number of nitrogens with one attached hydrogen (secondary N) is 2. The van der Waals surface area contributed by atoms with Gasteiger partial charge in [-0.25, -0.2) is 0 Å². The van der Waals surface area contributed by atoms with Crippen LogP contribution in [0, 0.1) is 5.92 Å². The van der Waals surface area contributed by atoms with E-state index in [1.54, 1.807) is 35.1 Å². The van der Waals surface area contributed by atoms with Gasteiger partial charge in [0.2, 0.25) is 11.8 Å². The largest absolute Gasteiger partial charge is 0.326 e. The summed E-state index contributed by atoms with van der Waals surface area (Å²) in [5, 5.41) is 9.66. The first-order valence-electron chi connectivity index (χ1n) is 7.23. The lowest BCUT2D eigenvalue weighted by molar-refractivity contribution is -0.119. The van der Waals surface area contributed by atoms with Crippen LogP contribution in [0.15, 0.2) is 42.7 Å². The van der Waals surface area contributed by atoms with Crippen molar-refractivity contribution < 1.29 is 9.59 Å². The molecule has 0 radical (unpaired) electrons. The minimum atomic E-state index is -0.0746. The highest BCUT2D eigenvalue weighted by Crippen LogP contribution is 2.14. The standard InChI is InChI=1S/C16H20N4O2/c1-12(2)16(22)19-14-6-4-13(5-7-14)18-15(21)8-11-20-10-3-9-17-20/h3-7,9-10,12H,8,11H2,1-2H3,(H,18,21)(H,19,22). The maximum atomic E-state index is 11.8. The zero-order valence-electron chi connectivity index (χ0n) is 12.7. The zero-order valence-corrected chi connectivity index (χ0v) is 12.7. The third-order valence-electron chi connectivity index (χ3n) is 3.09. The van der Waals surface area contributed by atoms with Crippen molar-refractivity contribution in [1.29, 1.82) is 0 Å². The highest BCUT2D eigenvalue weighted by molar-refractivity contribution is 5.93. The van der Waals surface area contributed by atoms with Crippen molar-refractivity contribution in [2.24, 2.45) is 5.92 Å². The van der Waals surface area contributed by atoms with Gasteiger partial charge < -0.3 is 10.6 Å². The average molecular weight is 300 g/mol. The van der Waals surface area contributed by atoms with E-state index in [2.05, 4.69) is 15.7 Å². The molecular weight excluding hydrogens is 280 g/mol. The van der Waals surface area contributed by atoms with Gasteiger partial charge in [0.05, 0.1) is 0 Å². The van der Waals surface area contributed by atoms with Crippen molar-refractivity contribution in [3.8, 4) is 0 Å². The van der Waals surface area contributed by atoms with Crippen LogP contribution in [0.1, 0.15) is 20.3 Å². The van der Waals surface area contributed by atoms with Crippen LogP contribution >= 0.6 is 0 Å². The summed E-state index contributed by atoms with van der Waals surface area (Å²) >= 11 is 0. The van der Waals surface area contributed by atoms with E-state index in [4.69, 9.17) is 0 Å². The summed E-state index contributed by atoms with van der Waals surface area (Å²) < 4.78 is 1.71. The number of amides is 2. The summed E-state index contributed by atoms with van der Waals surface area (Å²) in [7, 11) is 0. The molecular formula is C16H20N4O2. The zero-order chi connectivity index (χ0) is 15.9. The summed E-state index contributed by atoms with van der Waals surface area (Å²) in [5.74, 6) is -0.174. The number of hydrogen-bond donors (Lipinski definition) is 2. The number of hydrogen-bond acceptors (Lipinski definition) is 3. The molecule has 6 heteroatoms. The minimum absolute atomic E-state index is 0.0315. The maximum absolute atomic E-state index is 11.8. The van der Waals surface area contributed by atoms with Crippen LogP contribution in [0.4, 0.5) is 11.4 Å². The van der Waals surface area contributed by atoms with Crippen LogP contribution in [0.25, 0.3) is 0 Å². The van der Waals surface area contributed by atoms with Gasteiger partial charge >= 0.3 is 0 Å². The van der Waals surface area contributed by atoms with E-state index in [-0.39, 0.29) is 17.7 Å². The van der Waals surface area contributed by atoms with E-state index in [0.29, 0.717) is 24.3 Å². The Morgan fingerprint density at radius 1 is 1.14 bits per heavy atom. The number of carbonyl (C=O) groups is 2. The summed E-state index contributed by atoms with van der Waals surface area (Å²) in [5.41, 5.74) is 1.42. The average Bonchev–Trinajstić information content (AvgIpc) is 3.00. The number of nitrogens with zero attached hydrogens (tertiary/aromatic N) is 2. The molecule has 1 heterocycles. The SMILES string of the molecule is CC(C)C(=O)Nc1ccc(NC(=O)CCn2cccn2)cc1. The second-order valence-electron chi connectivity index (χ2n) is 5.29. The van der Waals surface area contributed by atoms with Gasteiger partial charge in [0.25, 0.3) is 0 Å². The number of carbonyl (C=O) groups excluding carboxylic acids is 2. The molecule has 0 bridgehead atoms. The Morgan fingerprint density at radius 2 is 1.77 bits per heavy atom. The molecule has 22 heavy (non-hydrogen) atoms. The Hall–Kier alpha value is -2.63. The Kier molecular flexibility index (Phi) is 5.30. The van der Waals surface area contributed by atoms with E-state index in [9.17, 15) is 9.59 Å². The second kappa shape index (κ2) is 7.40. The van der Waals surface area contributed by atoms with Crippen LogP contribution < -0.4 is 10.6 Å². The topological polar surface area (TPSA) is 76.0 Å². The third-order valence-corrected chi connectivity index (χ3v) is 3.09. The summed E-state index contributed by atoms with van der Waals surface area (Å²) in [6.45, 7) is 4.22. The molecule has 6 nitrogen and oxygen atoms in total. The molecule has 0 unspecified atom stereocenters. The quantitative estimate of drug-likeness (QED) is 0.860. The van der Waals surface area contributed by atoms with Crippen molar-refractivity contribution in [2.75, 3.05) is 10.6 Å². The molecule has 0 aliphatic rings. The van der Waals surface area contributed by atoms with Gasteiger partial charge in [-0.15, -0.1) is 0 Å². The number of aryl methyl sites for hydroxylation is 1. The molecule has 2 N–H and O–H groups in total. The molecule has 2 amide bonds. The van der Waals surface area contributed by atoms with Gasteiger partial charge in [-0.2, -0.15) is 5.10 Å². The van der Waals surface area contributed by atoms with Crippen molar-refractivity contribution in [1.82, 2.24) is 9.78 Å². The molecule has 2 aromatic rings. The Morgan fingerprint density at radius 3 is 2.32 bits per heavy atom. The first-order valence-corrected chi connectivity index (χ1v) is 7.23. The van der Waals surface area contributed by atoms with Crippen molar-refractivity contribution in [3.05, 3.63) is 42.7 Å². The molecule has 0 fully saturated rings. The van der Waals surface area contributed by atoms with E-state index in [1.807, 2.05) is 26.1 Å². The van der Waals surface area contributed by atoms with Gasteiger partial charge in [0.15, 0.2) is 0 Å². The molecule has 1 aromatic heterocycles. The summed E-state index contributed by atoms with van der Waals surface area (Å²) in [6.07, 6.45) is 3.86.